The first-order valence-electron chi connectivity index (χ1n) is 9.98. The minimum atomic E-state index is 0.323. The van der Waals surface area contributed by atoms with Gasteiger partial charge in [0.15, 0.2) is 0 Å². The van der Waals surface area contributed by atoms with Crippen molar-refractivity contribution in [1.82, 2.24) is 9.88 Å². The molecule has 0 fully saturated rings. The molecule has 0 saturated carbocycles. The minimum absolute atomic E-state index is 0.323. The van der Waals surface area contributed by atoms with Gasteiger partial charge in [0.2, 0.25) is 0 Å². The van der Waals surface area contributed by atoms with Crippen LogP contribution >= 0.6 is 0 Å². The number of aromatic amines is 1. The summed E-state index contributed by atoms with van der Waals surface area (Å²) in [6.45, 7) is 5.52. The van der Waals surface area contributed by atoms with Gasteiger partial charge in [0, 0.05) is 35.8 Å². The summed E-state index contributed by atoms with van der Waals surface area (Å²) >= 11 is 0. The Bertz CT molecular complexity index is 940. The predicted octanol–water partition coefficient (Wildman–Crippen LogP) is 5.29. The highest BCUT2D eigenvalue weighted by Gasteiger charge is 2.13. The Balaban J connectivity index is 1.28. The van der Waals surface area contributed by atoms with Gasteiger partial charge in [-0.05, 0) is 68.0 Å². The van der Waals surface area contributed by atoms with Crippen LogP contribution in [0.5, 0.6) is 5.75 Å². The topological polar surface area (TPSA) is 39.3 Å². The van der Waals surface area contributed by atoms with E-state index >= 15 is 0 Å². The molecule has 0 spiro atoms. The Morgan fingerprint density at radius 2 is 1.93 bits per heavy atom. The molecule has 3 heteroatoms. The van der Waals surface area contributed by atoms with Gasteiger partial charge in [-0.1, -0.05) is 36.4 Å². The maximum absolute atomic E-state index is 9.65. The normalized spacial score (nSPS) is 15.2. The summed E-state index contributed by atoms with van der Waals surface area (Å²) in [5.41, 5.74) is 6.53. The zero-order valence-corrected chi connectivity index (χ0v) is 16.0. The van der Waals surface area contributed by atoms with Crippen LogP contribution in [0.15, 0.2) is 54.6 Å². The van der Waals surface area contributed by atoms with Gasteiger partial charge >= 0.3 is 0 Å². The minimum Gasteiger partial charge on any atom is -0.508 e. The number of unbranched alkanes of at least 4 members (excludes halogenated alkanes) is 1. The average molecular weight is 361 g/mol. The van der Waals surface area contributed by atoms with E-state index in [-0.39, 0.29) is 0 Å². The second-order valence-corrected chi connectivity index (χ2v) is 7.56. The van der Waals surface area contributed by atoms with Crippen LogP contribution < -0.4 is 0 Å². The van der Waals surface area contributed by atoms with E-state index in [1.807, 2.05) is 12.1 Å². The van der Waals surface area contributed by atoms with E-state index in [9.17, 15) is 5.11 Å². The summed E-state index contributed by atoms with van der Waals surface area (Å²) in [5.74, 6) is 0.323. The summed E-state index contributed by atoms with van der Waals surface area (Å²) < 4.78 is 0. The van der Waals surface area contributed by atoms with Crippen molar-refractivity contribution in [2.75, 3.05) is 19.6 Å². The highest BCUT2D eigenvalue weighted by molar-refractivity contribution is 5.85. The standard InChI is InChI=1S/C24H28N2O/c1-18-22(23-11-10-21(27)17-24(23)25-18)9-5-6-14-26-15-12-20(13-16-26)19-7-3-2-4-8-19/h2-4,7-8,10-12,17,25,27H,5-6,9,13-16H2,1H3. The first kappa shape index (κ1) is 17.9. The fourth-order valence-corrected chi connectivity index (χ4v) is 4.17. The van der Waals surface area contributed by atoms with Gasteiger partial charge in [0.25, 0.3) is 0 Å². The van der Waals surface area contributed by atoms with Crippen LogP contribution in [0.4, 0.5) is 0 Å². The van der Waals surface area contributed by atoms with E-state index in [1.165, 1.54) is 47.2 Å². The molecule has 3 nitrogen and oxygen atoms in total. The van der Waals surface area contributed by atoms with Crippen LogP contribution in [0, 0.1) is 6.92 Å². The zero-order chi connectivity index (χ0) is 18.6. The van der Waals surface area contributed by atoms with Gasteiger partial charge < -0.3 is 10.1 Å². The molecule has 0 atom stereocenters. The van der Waals surface area contributed by atoms with E-state index in [2.05, 4.69) is 53.2 Å². The van der Waals surface area contributed by atoms with Gasteiger partial charge in [-0.3, -0.25) is 4.90 Å². The molecule has 1 aromatic heterocycles. The fourth-order valence-electron chi connectivity index (χ4n) is 4.17. The van der Waals surface area contributed by atoms with E-state index < -0.39 is 0 Å². The number of aromatic nitrogens is 1. The Morgan fingerprint density at radius 3 is 2.70 bits per heavy atom. The van der Waals surface area contributed by atoms with Crippen LogP contribution in [0.3, 0.4) is 0 Å². The molecule has 0 radical (unpaired) electrons. The summed E-state index contributed by atoms with van der Waals surface area (Å²) in [5, 5.41) is 10.9. The van der Waals surface area contributed by atoms with Crippen molar-refractivity contribution in [1.29, 1.82) is 0 Å². The number of hydrogen-bond acceptors (Lipinski definition) is 2. The maximum Gasteiger partial charge on any atom is 0.117 e. The highest BCUT2D eigenvalue weighted by atomic mass is 16.3. The molecule has 2 heterocycles. The van der Waals surface area contributed by atoms with E-state index in [4.69, 9.17) is 0 Å². The number of aromatic hydroxyl groups is 1. The molecule has 0 saturated heterocycles. The maximum atomic E-state index is 9.65. The Hall–Kier alpha value is -2.52. The Kier molecular flexibility index (Phi) is 5.30. The molecule has 140 valence electrons. The molecular weight excluding hydrogens is 332 g/mol. The largest absolute Gasteiger partial charge is 0.508 e. The quantitative estimate of drug-likeness (QED) is 0.586. The lowest BCUT2D eigenvalue weighted by Gasteiger charge is -2.26. The fraction of sp³-hybridized carbons (Fsp3) is 0.333. The first-order chi connectivity index (χ1) is 13.2. The molecule has 2 N–H and O–H groups in total. The van der Waals surface area contributed by atoms with Crippen molar-refractivity contribution in [2.24, 2.45) is 0 Å². The number of nitrogens with one attached hydrogen (secondary N) is 1. The number of fused-ring (bicyclic) bond motifs is 1. The molecular formula is C24H28N2O. The summed E-state index contributed by atoms with van der Waals surface area (Å²) in [6.07, 6.45) is 7.05. The Labute approximate surface area is 161 Å². The first-order valence-corrected chi connectivity index (χ1v) is 9.98. The summed E-state index contributed by atoms with van der Waals surface area (Å²) in [7, 11) is 0. The second-order valence-electron chi connectivity index (χ2n) is 7.56. The number of benzene rings is 2. The number of nitrogens with zero attached hydrogens (tertiary/aromatic N) is 1. The number of H-pyrrole nitrogens is 1. The van der Waals surface area contributed by atoms with Crippen LogP contribution in [0.2, 0.25) is 0 Å². The van der Waals surface area contributed by atoms with Crippen molar-refractivity contribution in [3.8, 4) is 5.75 Å². The number of rotatable bonds is 6. The van der Waals surface area contributed by atoms with E-state index in [0.29, 0.717) is 5.75 Å². The van der Waals surface area contributed by atoms with Gasteiger partial charge in [0.05, 0.1) is 0 Å². The highest BCUT2D eigenvalue weighted by Crippen LogP contribution is 2.27. The monoisotopic (exact) mass is 360 g/mol. The van der Waals surface area contributed by atoms with Crippen LogP contribution in [-0.2, 0) is 6.42 Å². The third-order valence-electron chi connectivity index (χ3n) is 5.69. The third kappa shape index (κ3) is 4.09. The zero-order valence-electron chi connectivity index (χ0n) is 16.0. The van der Waals surface area contributed by atoms with Crippen molar-refractivity contribution in [3.63, 3.8) is 0 Å². The average Bonchev–Trinajstić information content (AvgIpc) is 3.00. The summed E-state index contributed by atoms with van der Waals surface area (Å²) in [6, 6.07) is 16.4. The number of hydrogen-bond donors (Lipinski definition) is 2. The predicted molar refractivity (Wildman–Crippen MR) is 113 cm³/mol. The number of phenolic OH excluding ortho intramolecular Hbond substituents is 1. The Morgan fingerprint density at radius 1 is 1.07 bits per heavy atom. The van der Waals surface area contributed by atoms with E-state index in [1.54, 1.807) is 6.07 Å². The second kappa shape index (κ2) is 8.01. The van der Waals surface area contributed by atoms with Crippen molar-refractivity contribution >= 4 is 16.5 Å². The SMILES string of the molecule is Cc1[nH]c2cc(O)ccc2c1CCCCN1CC=C(c2ccccc2)CC1. The number of phenols is 1. The van der Waals surface area contributed by atoms with Crippen molar-refractivity contribution < 1.29 is 5.11 Å². The van der Waals surface area contributed by atoms with E-state index in [0.717, 1.165) is 31.4 Å². The lowest BCUT2D eigenvalue weighted by molar-refractivity contribution is 0.295. The van der Waals surface area contributed by atoms with Gasteiger partial charge in [-0.2, -0.15) is 0 Å². The van der Waals surface area contributed by atoms with Crippen LogP contribution in [0.1, 0.15) is 36.1 Å². The van der Waals surface area contributed by atoms with Crippen LogP contribution in [-0.4, -0.2) is 34.6 Å². The molecule has 4 rings (SSSR count). The molecule has 27 heavy (non-hydrogen) atoms. The van der Waals surface area contributed by atoms with Crippen molar-refractivity contribution in [3.05, 3.63) is 71.4 Å². The van der Waals surface area contributed by atoms with Gasteiger partial charge in [-0.25, -0.2) is 0 Å². The molecule has 0 aliphatic carbocycles. The molecule has 0 amide bonds. The van der Waals surface area contributed by atoms with Gasteiger partial charge in [0.1, 0.15) is 5.75 Å². The molecule has 1 aliphatic heterocycles. The molecule has 1 aliphatic rings. The number of aryl methyl sites for hydroxylation is 2. The smallest absolute Gasteiger partial charge is 0.117 e. The van der Waals surface area contributed by atoms with Gasteiger partial charge in [-0.15, -0.1) is 0 Å². The third-order valence-corrected chi connectivity index (χ3v) is 5.69. The lowest BCUT2D eigenvalue weighted by Crippen LogP contribution is -2.29. The molecule has 0 bridgehead atoms. The molecule has 3 aromatic rings. The summed E-state index contributed by atoms with van der Waals surface area (Å²) in [4.78, 5) is 5.96. The van der Waals surface area contributed by atoms with Crippen LogP contribution in [0.25, 0.3) is 16.5 Å². The molecule has 0 unspecified atom stereocenters. The molecule has 2 aromatic carbocycles. The lowest BCUT2D eigenvalue weighted by atomic mass is 9.99. The van der Waals surface area contributed by atoms with Crippen molar-refractivity contribution in [2.45, 2.75) is 32.6 Å².